The van der Waals surface area contributed by atoms with E-state index in [0.717, 1.165) is 23.1 Å². The van der Waals surface area contributed by atoms with Gasteiger partial charge in [-0.15, -0.1) is 0 Å². The van der Waals surface area contributed by atoms with Gasteiger partial charge in [-0.25, -0.2) is 9.79 Å². The molecule has 0 atom stereocenters. The standard InChI is InChI=1S/C23H15ClN2O6S/c24-16-8-6-14(7-9-16)12-19-22(27)26(21(25-19)15-4-2-1-3-5-15)20-13-17(33(30,31)32)10-11-18(20)23(28)29/h1-13H,(H,28,29)(H,30,31,32)/b19-12-. The van der Waals surface area contributed by atoms with E-state index in [9.17, 15) is 27.7 Å². The van der Waals surface area contributed by atoms with E-state index in [2.05, 4.69) is 4.99 Å². The number of rotatable bonds is 5. The van der Waals surface area contributed by atoms with Gasteiger partial charge >= 0.3 is 5.97 Å². The number of nitrogens with zero attached hydrogens (tertiary/aromatic N) is 2. The van der Waals surface area contributed by atoms with Crippen LogP contribution in [-0.4, -0.2) is 35.8 Å². The third-order valence-corrected chi connectivity index (χ3v) is 5.91. The fourth-order valence-corrected chi connectivity index (χ4v) is 3.90. The third kappa shape index (κ3) is 4.56. The molecular weight excluding hydrogens is 468 g/mol. The van der Waals surface area contributed by atoms with Crippen LogP contribution in [0.15, 0.2) is 88.4 Å². The number of carboxylic acids is 1. The van der Waals surface area contributed by atoms with Gasteiger partial charge in [0.05, 0.1) is 16.1 Å². The van der Waals surface area contributed by atoms with E-state index in [0.29, 0.717) is 16.1 Å². The summed E-state index contributed by atoms with van der Waals surface area (Å²) in [7, 11) is -4.66. The number of hydrogen-bond acceptors (Lipinski definition) is 5. The van der Waals surface area contributed by atoms with Crippen LogP contribution in [0.25, 0.3) is 6.08 Å². The molecule has 0 radical (unpaired) electrons. The fraction of sp³-hybridized carbons (Fsp3) is 0. The summed E-state index contributed by atoms with van der Waals surface area (Å²) in [4.78, 5) is 30.2. The van der Waals surface area contributed by atoms with Crippen molar-refractivity contribution in [3.63, 3.8) is 0 Å². The van der Waals surface area contributed by atoms with Crippen molar-refractivity contribution in [1.29, 1.82) is 0 Å². The molecule has 1 heterocycles. The predicted molar refractivity (Wildman–Crippen MR) is 123 cm³/mol. The van der Waals surface area contributed by atoms with Gasteiger partial charge in [-0.05, 0) is 42.0 Å². The van der Waals surface area contributed by atoms with E-state index in [-0.39, 0.29) is 22.8 Å². The molecule has 4 rings (SSSR count). The highest BCUT2D eigenvalue weighted by atomic mass is 35.5. The summed E-state index contributed by atoms with van der Waals surface area (Å²) in [5.74, 6) is -1.95. The van der Waals surface area contributed by atoms with Crippen molar-refractivity contribution in [3.8, 4) is 0 Å². The zero-order valence-corrected chi connectivity index (χ0v) is 18.3. The Hall–Kier alpha value is -3.79. The average molecular weight is 483 g/mol. The van der Waals surface area contributed by atoms with Crippen LogP contribution in [0.3, 0.4) is 0 Å². The molecule has 0 unspecified atom stereocenters. The first kappa shape index (κ1) is 22.4. The second-order valence-electron chi connectivity index (χ2n) is 6.98. The smallest absolute Gasteiger partial charge is 0.337 e. The van der Waals surface area contributed by atoms with Crippen LogP contribution in [0, 0.1) is 0 Å². The van der Waals surface area contributed by atoms with Crippen molar-refractivity contribution >= 4 is 51.2 Å². The molecule has 0 fully saturated rings. The molecule has 0 aromatic heterocycles. The Morgan fingerprint density at radius 3 is 2.27 bits per heavy atom. The zero-order valence-electron chi connectivity index (χ0n) is 16.7. The van der Waals surface area contributed by atoms with Crippen LogP contribution in [0.1, 0.15) is 21.5 Å². The lowest BCUT2D eigenvalue weighted by atomic mass is 10.1. The second-order valence-corrected chi connectivity index (χ2v) is 8.84. The van der Waals surface area contributed by atoms with Gasteiger partial charge in [0.2, 0.25) is 0 Å². The van der Waals surface area contributed by atoms with E-state index >= 15 is 0 Å². The number of carbonyl (C=O) groups is 2. The Kier molecular flexibility index (Phi) is 5.86. The Morgan fingerprint density at radius 2 is 1.67 bits per heavy atom. The minimum Gasteiger partial charge on any atom is -0.478 e. The summed E-state index contributed by atoms with van der Waals surface area (Å²) in [6.45, 7) is 0. The van der Waals surface area contributed by atoms with Gasteiger partial charge in [-0.2, -0.15) is 8.42 Å². The Labute approximate surface area is 193 Å². The first-order valence-corrected chi connectivity index (χ1v) is 11.3. The van der Waals surface area contributed by atoms with E-state index < -0.39 is 26.9 Å². The van der Waals surface area contributed by atoms with Gasteiger partial charge in [-0.3, -0.25) is 14.2 Å². The number of carbonyl (C=O) groups excluding carboxylic acids is 1. The number of aliphatic imine (C=N–C) groups is 1. The normalized spacial score (nSPS) is 15.1. The van der Waals surface area contributed by atoms with Crippen molar-refractivity contribution < 1.29 is 27.7 Å². The molecule has 3 aromatic rings. The van der Waals surface area contributed by atoms with Crippen molar-refractivity contribution in [2.75, 3.05) is 4.90 Å². The van der Waals surface area contributed by atoms with Crippen molar-refractivity contribution in [2.24, 2.45) is 4.99 Å². The number of benzene rings is 3. The monoisotopic (exact) mass is 482 g/mol. The van der Waals surface area contributed by atoms with Crippen LogP contribution in [0.5, 0.6) is 0 Å². The molecular formula is C23H15ClN2O6S. The van der Waals surface area contributed by atoms with Crippen LogP contribution in [-0.2, 0) is 14.9 Å². The van der Waals surface area contributed by atoms with E-state index in [1.165, 1.54) is 6.08 Å². The van der Waals surface area contributed by atoms with Gasteiger partial charge in [0.25, 0.3) is 16.0 Å². The van der Waals surface area contributed by atoms with Gasteiger partial charge in [0, 0.05) is 10.6 Å². The molecule has 0 spiro atoms. The maximum absolute atomic E-state index is 13.4. The number of carboxylic acid groups (broad SMARTS) is 1. The quantitative estimate of drug-likeness (QED) is 0.416. The predicted octanol–water partition coefficient (Wildman–Crippen LogP) is 4.12. The highest BCUT2D eigenvalue weighted by Crippen LogP contribution is 2.32. The van der Waals surface area contributed by atoms with Gasteiger partial charge in [0.15, 0.2) is 0 Å². The summed E-state index contributed by atoms with van der Waals surface area (Å²) in [6, 6.07) is 18.1. The first-order chi connectivity index (χ1) is 15.6. The molecule has 0 bridgehead atoms. The number of hydrogen-bond donors (Lipinski definition) is 2. The van der Waals surface area contributed by atoms with Crippen LogP contribution >= 0.6 is 11.6 Å². The number of aromatic carboxylic acids is 1. The fourth-order valence-electron chi connectivity index (χ4n) is 3.28. The van der Waals surface area contributed by atoms with Gasteiger partial charge < -0.3 is 5.11 Å². The number of anilines is 1. The molecule has 166 valence electrons. The van der Waals surface area contributed by atoms with Crippen molar-refractivity contribution in [1.82, 2.24) is 0 Å². The molecule has 2 N–H and O–H groups in total. The Morgan fingerprint density at radius 1 is 1.00 bits per heavy atom. The summed E-state index contributed by atoms with van der Waals surface area (Å²) in [6.07, 6.45) is 1.51. The van der Waals surface area contributed by atoms with Crippen LogP contribution in [0.2, 0.25) is 5.02 Å². The van der Waals surface area contributed by atoms with Crippen LogP contribution in [0.4, 0.5) is 5.69 Å². The highest BCUT2D eigenvalue weighted by molar-refractivity contribution is 7.85. The maximum atomic E-state index is 13.4. The van der Waals surface area contributed by atoms with E-state index in [1.807, 2.05) is 0 Å². The SMILES string of the molecule is O=C(O)c1ccc(S(=O)(=O)O)cc1N1C(=O)/C(=C/c2ccc(Cl)cc2)N=C1c1ccccc1. The molecule has 0 saturated heterocycles. The largest absolute Gasteiger partial charge is 0.478 e. The summed E-state index contributed by atoms with van der Waals surface area (Å²) >= 11 is 5.91. The average Bonchev–Trinajstić information content (AvgIpc) is 3.10. The molecule has 1 amide bonds. The highest BCUT2D eigenvalue weighted by Gasteiger charge is 2.35. The second kappa shape index (κ2) is 8.62. The lowest BCUT2D eigenvalue weighted by molar-refractivity contribution is -0.113. The molecule has 1 aliphatic heterocycles. The third-order valence-electron chi connectivity index (χ3n) is 4.80. The topological polar surface area (TPSA) is 124 Å². The molecule has 0 saturated carbocycles. The summed E-state index contributed by atoms with van der Waals surface area (Å²) < 4.78 is 32.9. The minimum atomic E-state index is -4.66. The van der Waals surface area contributed by atoms with Gasteiger partial charge in [-0.1, -0.05) is 54.1 Å². The van der Waals surface area contributed by atoms with Gasteiger partial charge in [0.1, 0.15) is 11.5 Å². The van der Waals surface area contributed by atoms with Crippen molar-refractivity contribution in [2.45, 2.75) is 4.90 Å². The first-order valence-electron chi connectivity index (χ1n) is 9.46. The molecule has 3 aromatic carbocycles. The maximum Gasteiger partial charge on any atom is 0.337 e. The minimum absolute atomic E-state index is 0.00442. The van der Waals surface area contributed by atoms with E-state index in [1.54, 1.807) is 54.6 Å². The lowest BCUT2D eigenvalue weighted by Gasteiger charge is -2.21. The number of amidine groups is 1. The number of halogens is 1. The van der Waals surface area contributed by atoms with E-state index in [4.69, 9.17) is 11.6 Å². The number of amides is 1. The zero-order chi connectivity index (χ0) is 23.8. The van der Waals surface area contributed by atoms with Crippen LogP contribution < -0.4 is 4.90 Å². The molecule has 33 heavy (non-hydrogen) atoms. The Bertz CT molecular complexity index is 1430. The molecule has 8 nitrogen and oxygen atoms in total. The summed E-state index contributed by atoms with van der Waals surface area (Å²) in [5, 5.41) is 10.2. The molecule has 0 aliphatic carbocycles. The van der Waals surface area contributed by atoms with Crippen molar-refractivity contribution in [3.05, 3.63) is 100 Å². The molecule has 10 heteroatoms. The summed E-state index contributed by atoms with van der Waals surface area (Å²) in [5.41, 5.74) is 0.548. The molecule has 1 aliphatic rings. The Balaban J connectivity index is 1.93. The lowest BCUT2D eigenvalue weighted by Crippen LogP contribution is -2.34.